The minimum absolute atomic E-state index is 0.0740. The van der Waals surface area contributed by atoms with Crippen molar-refractivity contribution in [1.29, 1.82) is 0 Å². The number of benzene rings is 2. The average molecular weight is 545 g/mol. The molecule has 4 aliphatic heterocycles. The second-order valence-corrected chi connectivity index (χ2v) is 11.3. The molecule has 0 radical (unpaired) electrons. The Hall–Kier alpha value is -3.49. The van der Waals surface area contributed by atoms with Gasteiger partial charge in [-0.15, -0.1) is 0 Å². The number of ether oxygens (including phenoxy) is 2. The summed E-state index contributed by atoms with van der Waals surface area (Å²) in [6.45, 7) is 2.60. The molecule has 4 aliphatic rings. The first-order valence-corrected chi connectivity index (χ1v) is 14.4. The van der Waals surface area contributed by atoms with Gasteiger partial charge in [0.1, 0.15) is 17.6 Å². The van der Waals surface area contributed by atoms with Crippen LogP contribution in [0.25, 0.3) is 10.8 Å². The van der Waals surface area contributed by atoms with Gasteiger partial charge in [0.15, 0.2) is 0 Å². The van der Waals surface area contributed by atoms with Crippen molar-refractivity contribution in [3.05, 3.63) is 66.8 Å². The molecule has 0 aliphatic carbocycles. The predicted molar refractivity (Wildman–Crippen MR) is 150 cm³/mol. The number of unbranched alkanes of at least 4 members (excludes halogenated alkanes) is 2. The highest BCUT2D eigenvalue weighted by atomic mass is 16.6. The van der Waals surface area contributed by atoms with E-state index in [9.17, 15) is 19.5 Å². The van der Waals surface area contributed by atoms with Gasteiger partial charge in [0, 0.05) is 25.4 Å². The monoisotopic (exact) mass is 544 g/mol. The Bertz CT molecular complexity index is 1370. The van der Waals surface area contributed by atoms with Crippen molar-refractivity contribution in [2.24, 2.45) is 11.8 Å². The van der Waals surface area contributed by atoms with E-state index in [0.29, 0.717) is 32.4 Å². The minimum atomic E-state index is -1.28. The Morgan fingerprint density at radius 2 is 1.82 bits per heavy atom. The average Bonchev–Trinajstić information content (AvgIpc) is 3.35. The number of rotatable bonds is 6. The number of esters is 1. The molecule has 2 aromatic carbocycles. The summed E-state index contributed by atoms with van der Waals surface area (Å²) in [5.41, 5.74) is -0.534. The molecule has 2 aromatic rings. The molecular weight excluding hydrogens is 508 g/mol. The number of allylic oxidation sites excluding steroid dienone is 1. The third-order valence-corrected chi connectivity index (χ3v) is 8.75. The van der Waals surface area contributed by atoms with Crippen molar-refractivity contribution in [2.45, 2.75) is 62.9 Å². The Labute approximate surface area is 234 Å². The molecule has 2 saturated heterocycles. The number of anilines is 1. The summed E-state index contributed by atoms with van der Waals surface area (Å²) in [4.78, 5) is 45.6. The fourth-order valence-electron chi connectivity index (χ4n) is 6.84. The summed E-state index contributed by atoms with van der Waals surface area (Å²) >= 11 is 0. The third-order valence-electron chi connectivity index (χ3n) is 8.75. The second-order valence-electron chi connectivity index (χ2n) is 11.3. The quantitative estimate of drug-likeness (QED) is 0.338. The van der Waals surface area contributed by atoms with Crippen molar-refractivity contribution in [2.75, 3.05) is 24.6 Å². The van der Waals surface area contributed by atoms with Gasteiger partial charge in [-0.05, 0) is 61.9 Å². The Kier molecular flexibility index (Phi) is 7.23. The van der Waals surface area contributed by atoms with Gasteiger partial charge in [-0.1, -0.05) is 54.6 Å². The number of hydrogen-bond donors (Lipinski definition) is 1. The molecule has 6 rings (SSSR count). The molecule has 0 aromatic heterocycles. The SMILES string of the molecule is CC1CC/C=C\[C@H]2OC34C=CCN(c5ccc6ccccc6c5)C(=O)[C@H]3N(CCCCCO)C(=O)[C@@H]4C2C(=O)O1. The minimum Gasteiger partial charge on any atom is -0.462 e. The van der Waals surface area contributed by atoms with Crippen molar-refractivity contribution in [3.63, 3.8) is 0 Å². The molecule has 2 amide bonds. The molecule has 8 nitrogen and oxygen atoms in total. The van der Waals surface area contributed by atoms with Gasteiger partial charge in [-0.2, -0.15) is 0 Å². The first kappa shape index (κ1) is 26.7. The summed E-state index contributed by atoms with van der Waals surface area (Å²) < 4.78 is 12.5. The van der Waals surface area contributed by atoms with Crippen LogP contribution in [0.5, 0.6) is 0 Å². The zero-order valence-electron chi connectivity index (χ0n) is 22.8. The number of nitrogens with zero attached hydrogens (tertiary/aromatic N) is 2. The van der Waals surface area contributed by atoms with E-state index in [-0.39, 0.29) is 24.5 Å². The van der Waals surface area contributed by atoms with E-state index >= 15 is 0 Å². The number of hydrogen-bond acceptors (Lipinski definition) is 6. The number of carbonyl (C=O) groups is 3. The normalized spacial score (nSPS) is 32.5. The molecular formula is C32H36N2O6. The van der Waals surface area contributed by atoms with Gasteiger partial charge < -0.3 is 24.4 Å². The summed E-state index contributed by atoms with van der Waals surface area (Å²) in [7, 11) is 0. The van der Waals surface area contributed by atoms with E-state index in [2.05, 4.69) is 0 Å². The lowest BCUT2D eigenvalue weighted by Gasteiger charge is -2.35. The van der Waals surface area contributed by atoms with Crippen LogP contribution >= 0.6 is 0 Å². The van der Waals surface area contributed by atoms with Crippen LogP contribution in [0.3, 0.4) is 0 Å². The van der Waals surface area contributed by atoms with E-state index < -0.39 is 35.6 Å². The Balaban J connectivity index is 1.41. The van der Waals surface area contributed by atoms with Gasteiger partial charge in [0.25, 0.3) is 5.91 Å². The number of carbonyl (C=O) groups excluding carboxylic acids is 3. The van der Waals surface area contributed by atoms with Gasteiger partial charge >= 0.3 is 5.97 Å². The maximum absolute atomic E-state index is 14.5. The van der Waals surface area contributed by atoms with Crippen LogP contribution in [0.4, 0.5) is 5.69 Å². The molecule has 1 N–H and O–H groups in total. The standard InChI is InChI=1S/C32H36N2O6/c1-21-10-3-6-13-25-26(31(38)39-21)27-29(36)34(17-7-2-8-19-35)28-30(37)33(18-9-16-32(27,28)40-25)24-15-14-22-11-4-5-12-23(22)20-24/h4-6,9,11-16,20-21,25-28,35H,2-3,7-8,10,17-19H2,1H3/b13-6-/t21?,25-,26?,27+,28-,32?/m1/s1. The summed E-state index contributed by atoms with van der Waals surface area (Å²) in [6.07, 6.45) is 10.1. The van der Waals surface area contributed by atoms with E-state index in [1.807, 2.05) is 73.7 Å². The second kappa shape index (κ2) is 10.8. The molecule has 40 heavy (non-hydrogen) atoms. The van der Waals surface area contributed by atoms with Crippen LogP contribution in [-0.2, 0) is 23.9 Å². The van der Waals surface area contributed by atoms with Crippen LogP contribution in [0.1, 0.15) is 39.0 Å². The first-order valence-electron chi connectivity index (χ1n) is 14.4. The fraction of sp³-hybridized carbons (Fsp3) is 0.469. The lowest BCUT2D eigenvalue weighted by Crippen LogP contribution is -2.55. The van der Waals surface area contributed by atoms with Crippen molar-refractivity contribution in [3.8, 4) is 0 Å². The number of aliphatic hydroxyl groups excluding tert-OH is 1. The molecule has 210 valence electrons. The highest BCUT2D eigenvalue weighted by Crippen LogP contribution is 2.53. The molecule has 0 saturated carbocycles. The van der Waals surface area contributed by atoms with Crippen molar-refractivity contribution >= 4 is 34.2 Å². The van der Waals surface area contributed by atoms with Crippen LogP contribution in [0.15, 0.2) is 66.8 Å². The molecule has 0 bridgehead atoms. The topological polar surface area (TPSA) is 96.4 Å². The largest absolute Gasteiger partial charge is 0.462 e. The Morgan fingerprint density at radius 3 is 2.65 bits per heavy atom. The molecule has 3 unspecified atom stereocenters. The van der Waals surface area contributed by atoms with Gasteiger partial charge in [0.05, 0.1) is 18.1 Å². The zero-order chi connectivity index (χ0) is 27.9. The summed E-state index contributed by atoms with van der Waals surface area (Å²) in [6, 6.07) is 13.0. The van der Waals surface area contributed by atoms with E-state index in [4.69, 9.17) is 9.47 Å². The van der Waals surface area contributed by atoms with E-state index in [0.717, 1.165) is 29.3 Å². The number of likely N-dealkylation sites (tertiary alicyclic amines) is 1. The Morgan fingerprint density at radius 1 is 1.00 bits per heavy atom. The highest BCUT2D eigenvalue weighted by Gasteiger charge is 2.71. The molecule has 2 fully saturated rings. The predicted octanol–water partition coefficient (Wildman–Crippen LogP) is 3.77. The maximum Gasteiger partial charge on any atom is 0.313 e. The zero-order valence-corrected chi connectivity index (χ0v) is 22.8. The summed E-state index contributed by atoms with van der Waals surface area (Å²) in [5, 5.41) is 11.4. The molecule has 8 heteroatoms. The van der Waals surface area contributed by atoms with E-state index in [1.54, 1.807) is 9.80 Å². The highest BCUT2D eigenvalue weighted by molar-refractivity contribution is 6.06. The van der Waals surface area contributed by atoms with Crippen LogP contribution < -0.4 is 4.90 Å². The molecule has 6 atom stereocenters. The van der Waals surface area contributed by atoms with Crippen LogP contribution in [0.2, 0.25) is 0 Å². The maximum atomic E-state index is 14.5. The van der Waals surface area contributed by atoms with Crippen LogP contribution in [0, 0.1) is 11.8 Å². The molecule has 1 spiro atoms. The number of amides is 2. The van der Waals surface area contributed by atoms with Gasteiger partial charge in [0.2, 0.25) is 5.91 Å². The van der Waals surface area contributed by atoms with E-state index in [1.165, 1.54) is 0 Å². The third kappa shape index (κ3) is 4.43. The van der Waals surface area contributed by atoms with Crippen LogP contribution in [-0.4, -0.2) is 71.3 Å². The fourth-order valence-corrected chi connectivity index (χ4v) is 6.84. The lowest BCUT2D eigenvalue weighted by molar-refractivity contribution is -0.158. The molecule has 4 heterocycles. The number of aliphatic hydroxyl groups is 1. The van der Waals surface area contributed by atoms with Gasteiger partial charge in [-0.3, -0.25) is 14.4 Å². The van der Waals surface area contributed by atoms with Gasteiger partial charge in [-0.25, -0.2) is 0 Å². The first-order chi connectivity index (χ1) is 19.4. The smallest absolute Gasteiger partial charge is 0.313 e. The summed E-state index contributed by atoms with van der Waals surface area (Å²) in [5.74, 6) is -2.62. The number of cyclic esters (lactones) is 1. The number of fused-ring (bicyclic) bond motifs is 3. The van der Waals surface area contributed by atoms with Crippen molar-refractivity contribution < 1.29 is 29.0 Å². The van der Waals surface area contributed by atoms with Crippen molar-refractivity contribution in [1.82, 2.24) is 4.90 Å². The lowest BCUT2D eigenvalue weighted by atomic mass is 9.78.